The van der Waals surface area contributed by atoms with Crippen LogP contribution in [0.5, 0.6) is 5.88 Å². The van der Waals surface area contributed by atoms with E-state index < -0.39 is 5.91 Å². The van der Waals surface area contributed by atoms with E-state index in [0.29, 0.717) is 16.8 Å². The van der Waals surface area contributed by atoms with Crippen molar-refractivity contribution < 1.29 is 9.53 Å². The van der Waals surface area contributed by atoms with Crippen LogP contribution >= 0.6 is 11.8 Å². The van der Waals surface area contributed by atoms with Crippen molar-refractivity contribution in [2.24, 2.45) is 12.8 Å². The predicted octanol–water partition coefficient (Wildman–Crippen LogP) is 3.63. The van der Waals surface area contributed by atoms with Gasteiger partial charge in [0, 0.05) is 23.7 Å². The summed E-state index contributed by atoms with van der Waals surface area (Å²) in [7, 11) is 3.38. The normalized spacial score (nSPS) is 14.3. The minimum absolute atomic E-state index is 0.00517. The third kappa shape index (κ3) is 3.66. The number of aryl methyl sites for hydroxylation is 1. The number of anilines is 2. The standard InChI is InChI=1S/C23H23N7O2S/c1-30-12-26-17-15(10-25-11-16(17)30)18-22(32-2)29-21(19(28-18)20(24)31)27-14-6-4-13(5-7-14)23(33-3)8-9-23/h4-7,10-12H,8-9H2,1-3H3,(H2,24,31)(H,27,29). The fourth-order valence-corrected chi connectivity index (χ4v) is 4.81. The van der Waals surface area contributed by atoms with E-state index in [-0.39, 0.29) is 22.1 Å². The number of rotatable bonds is 7. The molecule has 10 heteroatoms. The van der Waals surface area contributed by atoms with E-state index in [1.54, 1.807) is 18.7 Å². The van der Waals surface area contributed by atoms with E-state index in [4.69, 9.17) is 10.5 Å². The first-order valence-corrected chi connectivity index (χ1v) is 11.6. The van der Waals surface area contributed by atoms with Gasteiger partial charge in [0.15, 0.2) is 11.5 Å². The molecule has 1 fully saturated rings. The second kappa shape index (κ2) is 8.04. The lowest BCUT2D eigenvalue weighted by Crippen LogP contribution is -2.18. The second-order valence-electron chi connectivity index (χ2n) is 7.95. The number of ether oxygens (including phenoxy) is 1. The van der Waals surface area contributed by atoms with Crippen LogP contribution in [0.2, 0.25) is 0 Å². The maximum Gasteiger partial charge on any atom is 0.271 e. The number of hydrogen-bond donors (Lipinski definition) is 2. The number of imidazole rings is 1. The topological polar surface area (TPSA) is 121 Å². The fraction of sp³-hybridized carbons (Fsp3) is 0.261. The lowest BCUT2D eigenvalue weighted by molar-refractivity contribution is 0.0996. The number of nitrogens with one attached hydrogen (secondary N) is 1. The summed E-state index contributed by atoms with van der Waals surface area (Å²) >= 11 is 1.88. The van der Waals surface area contributed by atoms with Crippen molar-refractivity contribution in [2.45, 2.75) is 17.6 Å². The molecule has 0 unspecified atom stereocenters. The van der Waals surface area contributed by atoms with E-state index in [9.17, 15) is 4.79 Å². The highest BCUT2D eigenvalue weighted by Crippen LogP contribution is 2.56. The van der Waals surface area contributed by atoms with Gasteiger partial charge in [0.2, 0.25) is 5.88 Å². The number of amides is 1. The summed E-state index contributed by atoms with van der Waals surface area (Å²) in [5.74, 6) is -0.243. The largest absolute Gasteiger partial charge is 0.479 e. The molecule has 0 aliphatic heterocycles. The molecule has 1 aromatic carbocycles. The SMILES string of the molecule is COc1nc(Nc2ccc(C3(SC)CC3)cc2)c(C(N)=O)nc1-c1cncc2c1ncn2C. The number of pyridine rings is 1. The summed E-state index contributed by atoms with van der Waals surface area (Å²) in [6.07, 6.45) is 9.54. The average molecular weight is 462 g/mol. The van der Waals surface area contributed by atoms with Crippen LogP contribution in [0.4, 0.5) is 11.5 Å². The molecule has 0 spiro atoms. The lowest BCUT2D eigenvalue weighted by Gasteiger charge is -2.15. The minimum Gasteiger partial charge on any atom is -0.479 e. The summed E-state index contributed by atoms with van der Waals surface area (Å²) in [4.78, 5) is 30.1. The quantitative estimate of drug-likeness (QED) is 0.428. The smallest absolute Gasteiger partial charge is 0.271 e. The van der Waals surface area contributed by atoms with E-state index >= 15 is 0 Å². The van der Waals surface area contributed by atoms with Crippen LogP contribution < -0.4 is 15.8 Å². The zero-order chi connectivity index (χ0) is 23.2. The van der Waals surface area contributed by atoms with Gasteiger partial charge in [-0.2, -0.15) is 16.7 Å². The van der Waals surface area contributed by atoms with Gasteiger partial charge >= 0.3 is 0 Å². The molecular formula is C23H23N7O2S. The highest BCUT2D eigenvalue weighted by molar-refractivity contribution is 7.99. The van der Waals surface area contributed by atoms with Crippen LogP contribution in [-0.2, 0) is 11.8 Å². The maximum absolute atomic E-state index is 12.3. The van der Waals surface area contributed by atoms with Crippen molar-refractivity contribution in [3.63, 3.8) is 0 Å². The monoisotopic (exact) mass is 461 g/mol. The predicted molar refractivity (Wildman–Crippen MR) is 129 cm³/mol. The van der Waals surface area contributed by atoms with Gasteiger partial charge in [0.1, 0.15) is 11.2 Å². The van der Waals surface area contributed by atoms with Crippen molar-refractivity contribution in [3.05, 3.63) is 54.2 Å². The number of thioether (sulfide) groups is 1. The zero-order valence-electron chi connectivity index (χ0n) is 18.5. The molecule has 3 heterocycles. The Labute approximate surface area is 194 Å². The number of aromatic nitrogens is 5. The number of methoxy groups -OCH3 is 1. The maximum atomic E-state index is 12.3. The number of hydrogen-bond acceptors (Lipinski definition) is 8. The lowest BCUT2D eigenvalue weighted by atomic mass is 10.1. The first-order chi connectivity index (χ1) is 16.0. The third-order valence-electron chi connectivity index (χ3n) is 5.95. The second-order valence-corrected chi connectivity index (χ2v) is 9.14. The molecular weight excluding hydrogens is 438 g/mol. The Balaban J connectivity index is 1.56. The van der Waals surface area contributed by atoms with Crippen LogP contribution in [0.1, 0.15) is 28.9 Å². The van der Waals surface area contributed by atoms with Gasteiger partial charge < -0.3 is 20.4 Å². The van der Waals surface area contributed by atoms with Crippen LogP contribution in [0.15, 0.2) is 43.0 Å². The summed E-state index contributed by atoms with van der Waals surface area (Å²) in [5, 5.41) is 3.17. The van der Waals surface area contributed by atoms with Gasteiger partial charge in [0.25, 0.3) is 5.91 Å². The molecule has 1 aliphatic carbocycles. The van der Waals surface area contributed by atoms with Crippen LogP contribution in [0.25, 0.3) is 22.3 Å². The van der Waals surface area contributed by atoms with Gasteiger partial charge in [-0.15, -0.1) is 0 Å². The van der Waals surface area contributed by atoms with E-state index in [0.717, 1.165) is 11.2 Å². The Morgan fingerprint density at radius 2 is 1.97 bits per heavy atom. The Morgan fingerprint density at radius 3 is 2.61 bits per heavy atom. The van der Waals surface area contributed by atoms with Crippen molar-refractivity contribution in [1.29, 1.82) is 0 Å². The minimum atomic E-state index is -0.703. The van der Waals surface area contributed by atoms with E-state index in [2.05, 4.69) is 43.6 Å². The fourth-order valence-electron chi connectivity index (χ4n) is 3.93. The van der Waals surface area contributed by atoms with Crippen molar-refractivity contribution in [2.75, 3.05) is 18.7 Å². The van der Waals surface area contributed by atoms with Gasteiger partial charge in [-0.1, -0.05) is 12.1 Å². The number of carbonyl (C=O) groups is 1. The molecule has 1 aliphatic rings. The van der Waals surface area contributed by atoms with E-state index in [1.165, 1.54) is 25.5 Å². The van der Waals surface area contributed by atoms with Crippen molar-refractivity contribution in [3.8, 4) is 17.1 Å². The number of carbonyl (C=O) groups excluding carboxylic acids is 1. The molecule has 1 amide bonds. The molecule has 3 N–H and O–H groups in total. The first-order valence-electron chi connectivity index (χ1n) is 10.4. The van der Waals surface area contributed by atoms with Crippen molar-refractivity contribution >= 4 is 40.2 Å². The molecule has 168 valence electrons. The van der Waals surface area contributed by atoms with Gasteiger partial charge in [0.05, 0.1) is 30.7 Å². The average Bonchev–Trinajstić information content (AvgIpc) is 3.55. The number of nitrogens with zero attached hydrogens (tertiary/aromatic N) is 5. The molecule has 4 aromatic rings. The summed E-state index contributed by atoms with van der Waals surface area (Å²) < 4.78 is 7.61. The molecule has 5 rings (SSSR count). The van der Waals surface area contributed by atoms with Crippen LogP contribution in [0, 0.1) is 0 Å². The molecule has 0 radical (unpaired) electrons. The van der Waals surface area contributed by atoms with Crippen LogP contribution in [-0.4, -0.2) is 43.8 Å². The van der Waals surface area contributed by atoms with E-state index in [1.807, 2.05) is 35.5 Å². The highest BCUT2D eigenvalue weighted by Gasteiger charge is 2.43. The Morgan fingerprint density at radius 1 is 1.21 bits per heavy atom. The summed E-state index contributed by atoms with van der Waals surface area (Å²) in [6.45, 7) is 0. The number of fused-ring (bicyclic) bond motifs is 1. The molecule has 0 saturated heterocycles. The Bertz CT molecular complexity index is 1360. The molecule has 3 aromatic heterocycles. The molecule has 0 atom stereocenters. The number of primary amides is 1. The summed E-state index contributed by atoms with van der Waals surface area (Å²) in [6, 6.07) is 8.14. The van der Waals surface area contributed by atoms with Gasteiger partial charge in [-0.25, -0.2) is 9.97 Å². The van der Waals surface area contributed by atoms with Crippen molar-refractivity contribution in [1.82, 2.24) is 24.5 Å². The number of benzene rings is 1. The summed E-state index contributed by atoms with van der Waals surface area (Å²) in [5.41, 5.74) is 10.2. The van der Waals surface area contributed by atoms with Gasteiger partial charge in [-0.3, -0.25) is 9.78 Å². The van der Waals surface area contributed by atoms with Gasteiger partial charge in [-0.05, 0) is 36.8 Å². The van der Waals surface area contributed by atoms with Crippen LogP contribution in [0.3, 0.4) is 0 Å². The molecule has 1 saturated carbocycles. The Hall–Kier alpha value is -3.66. The third-order valence-corrected chi connectivity index (χ3v) is 7.38. The molecule has 33 heavy (non-hydrogen) atoms. The molecule has 9 nitrogen and oxygen atoms in total. The molecule has 0 bridgehead atoms. The number of nitrogens with two attached hydrogens (primary N) is 1. The first kappa shape index (κ1) is 21.2. The zero-order valence-corrected chi connectivity index (χ0v) is 19.3. The highest BCUT2D eigenvalue weighted by atomic mass is 32.2. The Kier molecular flexibility index (Phi) is 5.16.